The summed E-state index contributed by atoms with van der Waals surface area (Å²) in [7, 11) is 0. The van der Waals surface area contributed by atoms with Gasteiger partial charge in [-0.1, -0.05) is 40.6 Å². The quantitative estimate of drug-likeness (QED) is 0.466. The molecule has 6 heteroatoms. The Morgan fingerprint density at radius 1 is 1.17 bits per heavy atom. The first-order valence-electron chi connectivity index (χ1n) is 8.03. The fourth-order valence-electron chi connectivity index (χ4n) is 2.31. The number of hydrogen-bond donors (Lipinski definition) is 1. The second-order valence-electron chi connectivity index (χ2n) is 5.52. The molecule has 23 heavy (non-hydrogen) atoms. The van der Waals surface area contributed by atoms with E-state index in [9.17, 15) is 0 Å². The van der Waals surface area contributed by atoms with Crippen molar-refractivity contribution in [2.75, 3.05) is 23.8 Å². The molecule has 0 saturated carbocycles. The zero-order chi connectivity index (χ0) is 16.7. The standard InChI is InChI=1S/C17H24BrN3OS/c1-4-5-8-19-17-21-20-16(23-17)14-10-12(2)15(13(3)11-14)22-9-6-7-18/h10-11H,4-9H2,1-3H3,(H,19,21). The maximum Gasteiger partial charge on any atom is 0.206 e. The minimum Gasteiger partial charge on any atom is -0.493 e. The first-order chi connectivity index (χ1) is 11.2. The van der Waals surface area contributed by atoms with Gasteiger partial charge in [-0.2, -0.15) is 0 Å². The Kier molecular flexibility index (Phi) is 7.30. The zero-order valence-corrected chi connectivity index (χ0v) is 16.4. The minimum atomic E-state index is 0.733. The van der Waals surface area contributed by atoms with Gasteiger partial charge in [-0.25, -0.2) is 0 Å². The van der Waals surface area contributed by atoms with Gasteiger partial charge in [0.15, 0.2) is 0 Å². The third kappa shape index (κ3) is 5.18. The van der Waals surface area contributed by atoms with E-state index in [2.05, 4.69) is 64.3 Å². The lowest BCUT2D eigenvalue weighted by Gasteiger charge is -2.13. The van der Waals surface area contributed by atoms with Crippen LogP contribution >= 0.6 is 27.3 Å². The summed E-state index contributed by atoms with van der Waals surface area (Å²) in [6.07, 6.45) is 3.32. The van der Waals surface area contributed by atoms with Crippen molar-refractivity contribution in [1.82, 2.24) is 10.2 Å². The molecule has 1 N–H and O–H groups in total. The van der Waals surface area contributed by atoms with Crippen LogP contribution in [0, 0.1) is 13.8 Å². The van der Waals surface area contributed by atoms with Gasteiger partial charge in [-0.05, 0) is 49.9 Å². The van der Waals surface area contributed by atoms with Crippen LogP contribution in [0.2, 0.25) is 0 Å². The van der Waals surface area contributed by atoms with Crippen LogP contribution < -0.4 is 10.1 Å². The van der Waals surface area contributed by atoms with Crippen LogP contribution in [0.25, 0.3) is 10.6 Å². The van der Waals surface area contributed by atoms with Crippen molar-refractivity contribution in [2.24, 2.45) is 0 Å². The SMILES string of the molecule is CCCCNc1nnc(-c2cc(C)c(OCCCBr)c(C)c2)s1. The fourth-order valence-corrected chi connectivity index (χ4v) is 3.30. The first kappa shape index (κ1) is 18.2. The largest absolute Gasteiger partial charge is 0.493 e. The molecule has 0 fully saturated rings. The number of ether oxygens (including phenoxy) is 1. The molecule has 126 valence electrons. The Morgan fingerprint density at radius 3 is 2.57 bits per heavy atom. The van der Waals surface area contributed by atoms with Crippen molar-refractivity contribution in [2.45, 2.75) is 40.0 Å². The lowest BCUT2D eigenvalue weighted by Crippen LogP contribution is -2.01. The summed E-state index contributed by atoms with van der Waals surface area (Å²) >= 11 is 5.03. The Hall–Kier alpha value is -1.14. The molecule has 0 aliphatic heterocycles. The van der Waals surface area contributed by atoms with Gasteiger partial charge < -0.3 is 10.1 Å². The molecule has 0 aliphatic carbocycles. The molecule has 0 bridgehead atoms. The summed E-state index contributed by atoms with van der Waals surface area (Å²) in [6, 6.07) is 4.26. The summed E-state index contributed by atoms with van der Waals surface area (Å²) < 4.78 is 5.89. The normalized spacial score (nSPS) is 10.8. The van der Waals surface area contributed by atoms with Gasteiger partial charge >= 0.3 is 0 Å². The predicted octanol–water partition coefficient (Wildman–Crippen LogP) is 5.20. The van der Waals surface area contributed by atoms with Crippen molar-refractivity contribution in [3.8, 4) is 16.3 Å². The highest BCUT2D eigenvalue weighted by molar-refractivity contribution is 9.09. The molecule has 0 unspecified atom stereocenters. The molecular weight excluding hydrogens is 374 g/mol. The van der Waals surface area contributed by atoms with E-state index in [1.807, 2.05) is 0 Å². The van der Waals surface area contributed by atoms with Crippen LogP contribution in [0.1, 0.15) is 37.3 Å². The number of alkyl halides is 1. The van der Waals surface area contributed by atoms with E-state index in [0.717, 1.165) is 63.9 Å². The van der Waals surface area contributed by atoms with Gasteiger partial charge in [0.1, 0.15) is 10.8 Å². The van der Waals surface area contributed by atoms with Crippen molar-refractivity contribution >= 4 is 32.4 Å². The molecule has 0 atom stereocenters. The lowest BCUT2D eigenvalue weighted by molar-refractivity contribution is 0.315. The molecule has 0 radical (unpaired) electrons. The maximum atomic E-state index is 5.89. The molecular formula is C17H24BrN3OS. The smallest absolute Gasteiger partial charge is 0.206 e. The Bertz CT molecular complexity index is 607. The van der Waals surface area contributed by atoms with Gasteiger partial charge in [0.25, 0.3) is 0 Å². The van der Waals surface area contributed by atoms with E-state index >= 15 is 0 Å². The van der Waals surface area contributed by atoms with Crippen molar-refractivity contribution in [3.05, 3.63) is 23.3 Å². The molecule has 2 aromatic rings. The third-order valence-corrected chi connectivity index (χ3v) is 4.95. The molecule has 0 saturated heterocycles. The number of halogens is 1. The lowest BCUT2D eigenvalue weighted by atomic mass is 10.1. The van der Waals surface area contributed by atoms with E-state index in [-0.39, 0.29) is 0 Å². The number of nitrogens with one attached hydrogen (secondary N) is 1. The highest BCUT2D eigenvalue weighted by atomic mass is 79.9. The number of aromatic nitrogens is 2. The Labute approximate surface area is 150 Å². The molecule has 4 nitrogen and oxygen atoms in total. The summed E-state index contributed by atoms with van der Waals surface area (Å²) in [6.45, 7) is 8.03. The van der Waals surface area contributed by atoms with E-state index in [1.54, 1.807) is 11.3 Å². The summed E-state index contributed by atoms with van der Waals surface area (Å²) in [5.41, 5.74) is 3.39. The van der Waals surface area contributed by atoms with Gasteiger partial charge in [0.05, 0.1) is 6.61 Å². The van der Waals surface area contributed by atoms with Crippen LogP contribution in [0.15, 0.2) is 12.1 Å². The number of hydrogen-bond acceptors (Lipinski definition) is 5. The molecule has 1 aromatic carbocycles. The van der Waals surface area contributed by atoms with E-state index < -0.39 is 0 Å². The molecule has 1 aromatic heterocycles. The van der Waals surface area contributed by atoms with Crippen LogP contribution in [0.3, 0.4) is 0 Å². The van der Waals surface area contributed by atoms with Gasteiger partial charge in [-0.3, -0.25) is 0 Å². The highest BCUT2D eigenvalue weighted by Crippen LogP contribution is 2.32. The zero-order valence-electron chi connectivity index (χ0n) is 14.0. The van der Waals surface area contributed by atoms with E-state index in [1.165, 1.54) is 6.42 Å². The summed E-state index contributed by atoms with van der Waals surface area (Å²) in [5, 5.41) is 14.7. The number of benzene rings is 1. The molecule has 0 amide bonds. The van der Waals surface area contributed by atoms with Crippen molar-refractivity contribution in [3.63, 3.8) is 0 Å². The first-order valence-corrected chi connectivity index (χ1v) is 9.97. The average Bonchev–Trinajstić information content (AvgIpc) is 2.99. The van der Waals surface area contributed by atoms with Crippen LogP contribution in [0.4, 0.5) is 5.13 Å². The highest BCUT2D eigenvalue weighted by Gasteiger charge is 2.11. The molecule has 1 heterocycles. The molecule has 0 spiro atoms. The molecule has 0 aliphatic rings. The third-order valence-electron chi connectivity index (χ3n) is 3.46. The van der Waals surface area contributed by atoms with Gasteiger partial charge in [0, 0.05) is 17.4 Å². The summed E-state index contributed by atoms with van der Waals surface area (Å²) in [5.74, 6) is 0.987. The van der Waals surface area contributed by atoms with Crippen LogP contribution in [-0.4, -0.2) is 28.7 Å². The Morgan fingerprint density at radius 2 is 1.91 bits per heavy atom. The van der Waals surface area contributed by atoms with E-state index in [4.69, 9.17) is 4.74 Å². The number of aryl methyl sites for hydroxylation is 2. The number of rotatable bonds is 9. The van der Waals surface area contributed by atoms with Crippen LogP contribution in [-0.2, 0) is 0 Å². The van der Waals surface area contributed by atoms with Gasteiger partial charge in [-0.15, -0.1) is 10.2 Å². The second-order valence-corrected chi connectivity index (χ2v) is 7.29. The Balaban J connectivity index is 2.11. The topological polar surface area (TPSA) is 47.0 Å². The predicted molar refractivity (Wildman–Crippen MR) is 102 cm³/mol. The van der Waals surface area contributed by atoms with Gasteiger partial charge in [0.2, 0.25) is 5.13 Å². The van der Waals surface area contributed by atoms with Crippen molar-refractivity contribution in [1.29, 1.82) is 0 Å². The molecule has 2 rings (SSSR count). The number of anilines is 1. The minimum absolute atomic E-state index is 0.733. The fraction of sp³-hybridized carbons (Fsp3) is 0.529. The average molecular weight is 398 g/mol. The van der Waals surface area contributed by atoms with Crippen LogP contribution in [0.5, 0.6) is 5.75 Å². The monoisotopic (exact) mass is 397 g/mol. The number of unbranched alkanes of at least 4 members (excludes halogenated alkanes) is 1. The van der Waals surface area contributed by atoms with E-state index in [0.29, 0.717) is 0 Å². The second kappa shape index (κ2) is 9.23. The maximum absolute atomic E-state index is 5.89. The van der Waals surface area contributed by atoms with Crippen molar-refractivity contribution < 1.29 is 4.74 Å². The number of nitrogens with zero attached hydrogens (tertiary/aromatic N) is 2. The summed E-state index contributed by atoms with van der Waals surface area (Å²) in [4.78, 5) is 0.